The maximum atomic E-state index is 13.4. The van der Waals surface area contributed by atoms with Crippen LogP contribution in [0.3, 0.4) is 0 Å². The quantitative estimate of drug-likeness (QED) is 0.459. The number of ether oxygens (including phenoxy) is 3. The number of carbonyl (C=O) groups is 2. The van der Waals surface area contributed by atoms with Gasteiger partial charge in [0.1, 0.15) is 30.6 Å². The Kier molecular flexibility index (Phi) is 7.00. The number of nitrogens with two attached hydrogens (primary N) is 1. The molecule has 0 radical (unpaired) electrons. The molecule has 0 bridgehead atoms. The number of methoxy groups -OCH3 is 1. The fraction of sp³-hybridized carbons (Fsp3) is 0.280. The second-order valence-electron chi connectivity index (χ2n) is 7.98. The highest BCUT2D eigenvalue weighted by molar-refractivity contribution is 5.98. The number of nitrogens with zero attached hydrogens (tertiary/aromatic N) is 3. The number of rotatable bonds is 10. The summed E-state index contributed by atoms with van der Waals surface area (Å²) in [5, 5.41) is 2.88. The number of hydrogen-bond donors (Lipinski definition) is 2. The third kappa shape index (κ3) is 4.81. The van der Waals surface area contributed by atoms with Gasteiger partial charge in [-0.05, 0) is 42.8 Å². The molecule has 2 amide bonds. The summed E-state index contributed by atoms with van der Waals surface area (Å²) in [7, 11) is 1.61. The Morgan fingerprint density at radius 1 is 1.17 bits per heavy atom. The van der Waals surface area contributed by atoms with E-state index >= 15 is 0 Å². The van der Waals surface area contributed by atoms with Gasteiger partial charge in [-0.2, -0.15) is 0 Å². The molecule has 1 aromatic carbocycles. The van der Waals surface area contributed by atoms with Crippen LogP contribution in [0.1, 0.15) is 36.5 Å². The lowest BCUT2D eigenvalue weighted by Gasteiger charge is -2.33. The van der Waals surface area contributed by atoms with Crippen molar-refractivity contribution in [3.8, 4) is 22.8 Å². The van der Waals surface area contributed by atoms with Gasteiger partial charge in [-0.1, -0.05) is 19.8 Å². The van der Waals surface area contributed by atoms with Crippen LogP contribution >= 0.6 is 0 Å². The average Bonchev–Trinajstić information content (AvgIpc) is 3.58. The van der Waals surface area contributed by atoms with Crippen LogP contribution in [0, 0.1) is 0 Å². The molecule has 4 rings (SSSR count). The van der Waals surface area contributed by atoms with Crippen LogP contribution in [-0.4, -0.2) is 45.3 Å². The van der Waals surface area contributed by atoms with Crippen molar-refractivity contribution < 1.29 is 23.8 Å². The summed E-state index contributed by atoms with van der Waals surface area (Å²) in [6, 6.07) is 9.99. The van der Waals surface area contributed by atoms with Crippen molar-refractivity contribution in [1.29, 1.82) is 0 Å². The molecule has 3 heterocycles. The maximum Gasteiger partial charge on any atom is 0.351 e. The SMILES string of the molecule is CCCCC(NC(=O)c1cccnc1-n1cnc(-c2ccc(OC)cc2)c1)C1(C(N)=O)OC=CO1. The van der Waals surface area contributed by atoms with Crippen molar-refractivity contribution in [3.63, 3.8) is 0 Å². The molecule has 3 aromatic rings. The molecule has 0 aliphatic carbocycles. The summed E-state index contributed by atoms with van der Waals surface area (Å²) in [5.41, 5.74) is 7.49. The molecule has 0 spiro atoms. The van der Waals surface area contributed by atoms with Gasteiger partial charge in [0, 0.05) is 18.0 Å². The molecule has 2 aromatic heterocycles. The Bertz CT molecular complexity index is 1210. The monoisotopic (exact) mass is 477 g/mol. The molecule has 35 heavy (non-hydrogen) atoms. The normalized spacial score (nSPS) is 14.6. The lowest BCUT2D eigenvalue weighted by atomic mass is 9.99. The summed E-state index contributed by atoms with van der Waals surface area (Å²) in [4.78, 5) is 34.5. The van der Waals surface area contributed by atoms with Gasteiger partial charge in [0.2, 0.25) is 0 Å². The fourth-order valence-electron chi connectivity index (χ4n) is 3.87. The summed E-state index contributed by atoms with van der Waals surface area (Å²) in [5.74, 6) is -1.95. The number of unbranched alkanes of at least 4 members (excludes halogenated alkanes) is 1. The van der Waals surface area contributed by atoms with Gasteiger partial charge in [-0.3, -0.25) is 14.2 Å². The van der Waals surface area contributed by atoms with E-state index in [0.29, 0.717) is 23.5 Å². The van der Waals surface area contributed by atoms with Gasteiger partial charge in [0.15, 0.2) is 5.82 Å². The van der Waals surface area contributed by atoms with Crippen molar-refractivity contribution in [2.75, 3.05) is 7.11 Å². The van der Waals surface area contributed by atoms with Crippen LogP contribution in [0.5, 0.6) is 5.75 Å². The standard InChI is InChI=1S/C25H27N5O5/c1-3-4-7-21(25(24(26)32)34-13-14-35-25)29-23(31)19-6-5-12-27-22(19)30-15-20(28-16-30)17-8-10-18(33-2)11-9-17/h5-6,8-16,21H,3-4,7H2,1-2H3,(H2,26,32)(H,29,31). The lowest BCUT2D eigenvalue weighted by Crippen LogP contribution is -2.60. The zero-order chi connectivity index (χ0) is 24.8. The Morgan fingerprint density at radius 2 is 1.91 bits per heavy atom. The number of imidazole rings is 1. The minimum Gasteiger partial charge on any atom is -0.497 e. The molecule has 0 saturated heterocycles. The summed E-state index contributed by atoms with van der Waals surface area (Å²) in [6.45, 7) is 2.00. The van der Waals surface area contributed by atoms with Gasteiger partial charge in [0.05, 0.1) is 18.4 Å². The molecule has 10 heteroatoms. The highest BCUT2D eigenvalue weighted by atomic mass is 16.7. The van der Waals surface area contributed by atoms with E-state index in [1.54, 1.807) is 42.5 Å². The van der Waals surface area contributed by atoms with Gasteiger partial charge in [-0.25, -0.2) is 9.97 Å². The van der Waals surface area contributed by atoms with Crippen molar-refractivity contribution in [1.82, 2.24) is 19.9 Å². The zero-order valence-corrected chi connectivity index (χ0v) is 19.5. The average molecular weight is 478 g/mol. The predicted molar refractivity (Wildman–Crippen MR) is 127 cm³/mol. The van der Waals surface area contributed by atoms with Gasteiger partial charge >= 0.3 is 11.7 Å². The van der Waals surface area contributed by atoms with Gasteiger partial charge < -0.3 is 25.3 Å². The van der Waals surface area contributed by atoms with Gasteiger partial charge in [0.25, 0.3) is 5.91 Å². The number of carbonyl (C=O) groups excluding carboxylic acids is 2. The van der Waals surface area contributed by atoms with Gasteiger partial charge in [-0.15, -0.1) is 0 Å². The maximum absolute atomic E-state index is 13.4. The summed E-state index contributed by atoms with van der Waals surface area (Å²) >= 11 is 0. The number of hydrogen-bond acceptors (Lipinski definition) is 7. The Morgan fingerprint density at radius 3 is 2.57 bits per heavy atom. The smallest absolute Gasteiger partial charge is 0.351 e. The highest BCUT2D eigenvalue weighted by Gasteiger charge is 2.51. The third-order valence-corrected chi connectivity index (χ3v) is 5.74. The first-order chi connectivity index (χ1) is 17.0. The molecule has 10 nitrogen and oxygen atoms in total. The third-order valence-electron chi connectivity index (χ3n) is 5.74. The van der Waals surface area contributed by atoms with E-state index in [9.17, 15) is 9.59 Å². The topological polar surface area (TPSA) is 131 Å². The van der Waals surface area contributed by atoms with Crippen LogP contribution in [0.25, 0.3) is 17.1 Å². The van der Waals surface area contributed by atoms with Crippen molar-refractivity contribution in [2.24, 2.45) is 5.73 Å². The molecular weight excluding hydrogens is 450 g/mol. The summed E-state index contributed by atoms with van der Waals surface area (Å²) < 4.78 is 17.8. The van der Waals surface area contributed by atoms with E-state index in [2.05, 4.69) is 15.3 Å². The van der Waals surface area contributed by atoms with Crippen LogP contribution in [0.2, 0.25) is 0 Å². The van der Waals surface area contributed by atoms with Crippen LogP contribution in [0.15, 0.2) is 67.6 Å². The van der Waals surface area contributed by atoms with Crippen LogP contribution < -0.4 is 15.8 Å². The number of pyridine rings is 1. The zero-order valence-electron chi connectivity index (χ0n) is 19.5. The largest absolute Gasteiger partial charge is 0.497 e. The molecule has 1 unspecified atom stereocenters. The molecule has 0 saturated carbocycles. The first-order valence-electron chi connectivity index (χ1n) is 11.2. The lowest BCUT2D eigenvalue weighted by molar-refractivity contribution is -0.182. The molecule has 182 valence electrons. The molecule has 3 N–H and O–H groups in total. The number of aromatic nitrogens is 3. The fourth-order valence-corrected chi connectivity index (χ4v) is 3.87. The number of amides is 2. The Labute approximate surface area is 202 Å². The molecule has 1 aliphatic heterocycles. The summed E-state index contributed by atoms with van der Waals surface area (Å²) in [6.07, 6.45) is 9.45. The number of nitrogens with one attached hydrogen (secondary N) is 1. The van der Waals surface area contributed by atoms with Crippen LogP contribution in [-0.2, 0) is 14.3 Å². The molecule has 0 fully saturated rings. The predicted octanol–water partition coefficient (Wildman–Crippen LogP) is 2.93. The van der Waals surface area contributed by atoms with E-state index in [1.807, 2.05) is 31.2 Å². The highest BCUT2D eigenvalue weighted by Crippen LogP contribution is 2.28. The second-order valence-corrected chi connectivity index (χ2v) is 7.98. The van der Waals surface area contributed by atoms with E-state index in [1.165, 1.54) is 12.5 Å². The first-order valence-corrected chi connectivity index (χ1v) is 11.2. The van der Waals surface area contributed by atoms with Crippen LogP contribution in [0.4, 0.5) is 0 Å². The Balaban J connectivity index is 1.61. The van der Waals surface area contributed by atoms with E-state index < -0.39 is 23.6 Å². The van der Waals surface area contributed by atoms with E-state index in [-0.39, 0.29) is 0 Å². The van der Waals surface area contributed by atoms with Crippen molar-refractivity contribution in [3.05, 3.63) is 73.2 Å². The number of primary amides is 1. The van der Waals surface area contributed by atoms with E-state index in [0.717, 1.165) is 24.2 Å². The first kappa shape index (κ1) is 23.8. The minimum atomic E-state index is -1.80. The minimum absolute atomic E-state index is 0.290. The molecule has 1 aliphatic rings. The Hall–Kier alpha value is -4.34. The van der Waals surface area contributed by atoms with Crippen molar-refractivity contribution in [2.45, 2.75) is 38.0 Å². The molecule has 1 atom stereocenters. The van der Waals surface area contributed by atoms with Crippen molar-refractivity contribution >= 4 is 11.8 Å². The second kappa shape index (κ2) is 10.3. The number of benzene rings is 1. The molecular formula is C25H27N5O5. The van der Waals surface area contributed by atoms with E-state index in [4.69, 9.17) is 19.9 Å².